The van der Waals surface area contributed by atoms with Crippen molar-refractivity contribution in [1.29, 1.82) is 0 Å². The lowest BCUT2D eigenvalue weighted by Crippen LogP contribution is -2.34. The standard InChI is InChI=1S/C95H102N4O5S2/c1-10-15-18-19-20-21-60-104-92-75(38-32-71-34-52-82(53-35-71)98(78-44-24-65(6)25-45-78)79-46-26-66(7)27-47-79)61-77(62-76(92)39-33-72-36-54-83(55-37-72)99(80-48-28-67(8)29-49-80)81-50-30-68(9)31-51-81)85-57-59-87(106-85)91-89-88(93(100)97(91)64-70(14-5)23-17-12-3)90(96(94(89)101)63-69(13-4)22-16-11-2)86-58-56-84(105-86)73-40-42-74(43-41-73)95(102)103/h24-59,61-62,69-70H,10-23,60,63-64H2,1-9H3,(H,102,103)/b38-32+,39-33+. The molecule has 0 spiro atoms. The van der Waals surface area contributed by atoms with Crippen LogP contribution in [0, 0.1) is 39.5 Å². The van der Waals surface area contributed by atoms with Crippen molar-refractivity contribution < 1.29 is 24.2 Å². The van der Waals surface area contributed by atoms with Crippen molar-refractivity contribution in [2.75, 3.05) is 29.5 Å². The second-order valence-corrected chi connectivity index (χ2v) is 31.0. The highest BCUT2D eigenvalue weighted by atomic mass is 32.1. The first-order chi connectivity index (χ1) is 51.6. The zero-order valence-corrected chi connectivity index (χ0v) is 64.9. The Morgan fingerprint density at radius 3 is 1.13 bits per heavy atom. The summed E-state index contributed by atoms with van der Waals surface area (Å²) in [4.78, 5) is 56.1. The van der Waals surface area contributed by atoms with Gasteiger partial charge >= 0.3 is 5.97 Å². The van der Waals surface area contributed by atoms with Crippen LogP contribution in [0.5, 0.6) is 5.75 Å². The van der Waals surface area contributed by atoms with Crippen LogP contribution < -0.4 is 14.5 Å². The molecule has 2 amide bonds. The summed E-state index contributed by atoms with van der Waals surface area (Å²) >= 11 is 3.17. The quantitative estimate of drug-likeness (QED) is 0.0312. The van der Waals surface area contributed by atoms with Gasteiger partial charge in [-0.15, -0.1) is 22.7 Å². The third-order valence-electron chi connectivity index (χ3n) is 20.8. The summed E-state index contributed by atoms with van der Waals surface area (Å²) in [5.74, 6) is -0.00104. The fourth-order valence-electron chi connectivity index (χ4n) is 14.4. The number of carbonyl (C=O) groups excluding carboxylic acids is 2. The second-order valence-electron chi connectivity index (χ2n) is 28.8. The molecule has 0 aliphatic carbocycles. The molecule has 12 rings (SSSR count). The van der Waals surface area contributed by atoms with E-state index in [0.29, 0.717) is 42.2 Å². The van der Waals surface area contributed by atoms with Crippen LogP contribution in [0.15, 0.2) is 217 Å². The van der Waals surface area contributed by atoms with Crippen LogP contribution in [0.25, 0.3) is 56.6 Å². The summed E-state index contributed by atoms with van der Waals surface area (Å²) in [5, 5.41) is 9.77. The number of rotatable bonds is 35. The number of unbranched alkanes of at least 4 members (excludes halogenated alkanes) is 7. The minimum absolute atomic E-state index is 0.132. The molecule has 544 valence electrons. The lowest BCUT2D eigenvalue weighted by atomic mass is 9.98. The number of anilines is 6. The molecule has 8 aromatic carbocycles. The zero-order chi connectivity index (χ0) is 74.2. The van der Waals surface area contributed by atoms with E-state index in [1.54, 1.807) is 34.8 Å². The van der Waals surface area contributed by atoms with Crippen molar-refractivity contribution in [3.63, 3.8) is 0 Å². The number of benzene rings is 8. The Balaban J connectivity index is 0.993. The molecular weight excluding hydrogens is 1340 g/mol. The van der Waals surface area contributed by atoms with E-state index in [4.69, 9.17) is 4.74 Å². The van der Waals surface area contributed by atoms with Gasteiger partial charge in [-0.1, -0.05) is 237 Å². The monoisotopic (exact) mass is 1440 g/mol. The maximum Gasteiger partial charge on any atom is 0.335 e. The smallest absolute Gasteiger partial charge is 0.335 e. The molecule has 11 heteroatoms. The molecule has 0 saturated carbocycles. The maximum atomic E-state index is 16.0. The molecular formula is C95H102N4O5S2. The third-order valence-corrected chi connectivity index (χ3v) is 23.1. The number of hydrogen-bond acceptors (Lipinski definition) is 8. The van der Waals surface area contributed by atoms with E-state index >= 15 is 9.59 Å². The van der Waals surface area contributed by atoms with E-state index in [1.807, 2.05) is 34.1 Å². The van der Waals surface area contributed by atoms with Gasteiger partial charge in [-0.2, -0.15) is 0 Å². The largest absolute Gasteiger partial charge is 0.492 e. The Hall–Kier alpha value is -10.1. The zero-order valence-electron chi connectivity index (χ0n) is 63.3. The van der Waals surface area contributed by atoms with Crippen LogP contribution >= 0.6 is 22.7 Å². The van der Waals surface area contributed by atoms with Crippen LogP contribution in [0.4, 0.5) is 34.1 Å². The Bertz CT molecular complexity index is 4510. The lowest BCUT2D eigenvalue weighted by Gasteiger charge is -2.29. The SMILES string of the molecule is CCCCCCCCOc1c(/C=C/c2ccc(N(c3ccc(C)cc3)c3ccc(C)cc3)cc2)cc(-c2ccc(C3=C4C(=O)N(CC(CC)CCCC)C(c5ccc(-c6ccc(C(=O)O)cc6)s5)=C4C(=O)N3CC(CC)CCCC)s2)cc1/C=C/c1ccc(N(c2ccc(C)cc2)c2ccc(C)cc2)cc1. The van der Waals surface area contributed by atoms with Crippen molar-refractivity contribution in [2.24, 2.45) is 11.8 Å². The van der Waals surface area contributed by atoms with Crippen molar-refractivity contribution in [3.8, 4) is 26.6 Å². The number of fused-ring (bicyclic) bond motifs is 1. The molecule has 2 aliphatic rings. The van der Waals surface area contributed by atoms with Crippen LogP contribution in [0.1, 0.15) is 189 Å². The van der Waals surface area contributed by atoms with Crippen LogP contribution in [0.3, 0.4) is 0 Å². The molecule has 0 fully saturated rings. The average Bonchev–Trinajstić information content (AvgIpc) is 1.55. The van der Waals surface area contributed by atoms with E-state index in [2.05, 4.69) is 266 Å². The topological polar surface area (TPSA) is 93.6 Å². The Morgan fingerprint density at radius 1 is 0.415 bits per heavy atom. The molecule has 106 heavy (non-hydrogen) atoms. The predicted molar refractivity (Wildman–Crippen MR) is 448 cm³/mol. The first-order valence-corrected chi connectivity index (χ1v) is 40.2. The number of carboxylic acids is 1. The molecule has 0 saturated heterocycles. The van der Waals surface area contributed by atoms with Crippen LogP contribution in [-0.2, 0) is 9.59 Å². The number of hydrogen-bond donors (Lipinski definition) is 1. The van der Waals surface area contributed by atoms with Gasteiger partial charge in [0.15, 0.2) is 0 Å². The molecule has 0 bridgehead atoms. The van der Waals surface area contributed by atoms with Gasteiger partial charge in [-0.3, -0.25) is 9.59 Å². The van der Waals surface area contributed by atoms with Gasteiger partial charge in [0.2, 0.25) is 0 Å². The summed E-state index contributed by atoms with van der Waals surface area (Å²) in [6, 6.07) is 72.2. The van der Waals surface area contributed by atoms with Crippen molar-refractivity contribution in [2.45, 2.75) is 152 Å². The van der Waals surface area contributed by atoms with Crippen molar-refractivity contribution in [3.05, 3.63) is 277 Å². The Kier molecular flexibility index (Phi) is 25.5. The molecule has 2 unspecified atom stereocenters. The number of carboxylic acid groups (broad SMARTS) is 1. The maximum absolute atomic E-state index is 16.0. The molecule has 9 nitrogen and oxygen atoms in total. The van der Waals surface area contributed by atoms with Gasteiger partial charge in [-0.05, 0) is 202 Å². The highest BCUT2D eigenvalue weighted by Gasteiger charge is 2.50. The summed E-state index contributed by atoms with van der Waals surface area (Å²) in [6.07, 6.45) is 23.5. The molecule has 4 heterocycles. The number of ether oxygens (including phenoxy) is 1. The summed E-state index contributed by atoms with van der Waals surface area (Å²) in [5.41, 5.74) is 19.6. The van der Waals surface area contributed by atoms with Gasteiger partial charge in [0.05, 0.1) is 44.5 Å². The molecule has 2 aromatic heterocycles. The van der Waals surface area contributed by atoms with Crippen molar-refractivity contribution >= 4 is 110 Å². The molecule has 0 radical (unpaired) electrons. The minimum atomic E-state index is -0.981. The van der Waals surface area contributed by atoms with Gasteiger partial charge < -0.3 is 29.4 Å². The lowest BCUT2D eigenvalue weighted by molar-refractivity contribution is -0.124. The highest BCUT2D eigenvalue weighted by Crippen LogP contribution is 2.52. The van der Waals surface area contributed by atoms with E-state index in [-0.39, 0.29) is 29.2 Å². The number of nitrogens with zero attached hydrogens (tertiary/aromatic N) is 4. The van der Waals surface area contributed by atoms with Gasteiger partial charge in [0.1, 0.15) is 5.75 Å². The van der Waals surface area contributed by atoms with E-state index in [9.17, 15) is 9.90 Å². The highest BCUT2D eigenvalue weighted by molar-refractivity contribution is 7.17. The summed E-state index contributed by atoms with van der Waals surface area (Å²) < 4.78 is 7.14. The fraction of sp³-hybridized carbons (Fsp3) is 0.295. The third kappa shape index (κ3) is 17.9. The molecule has 2 aliphatic heterocycles. The van der Waals surface area contributed by atoms with Crippen LogP contribution in [0.2, 0.25) is 0 Å². The first kappa shape index (κ1) is 75.6. The first-order valence-electron chi connectivity index (χ1n) is 38.5. The fourth-order valence-corrected chi connectivity index (χ4v) is 16.5. The number of aromatic carboxylic acids is 1. The van der Waals surface area contributed by atoms with Gasteiger partial charge in [0, 0.05) is 68.1 Å². The summed E-state index contributed by atoms with van der Waals surface area (Å²) in [7, 11) is 0. The number of amides is 2. The summed E-state index contributed by atoms with van der Waals surface area (Å²) in [6.45, 7) is 21.1. The molecule has 10 aromatic rings. The Labute approximate surface area is 637 Å². The molecule has 2 atom stereocenters. The predicted octanol–water partition coefficient (Wildman–Crippen LogP) is 26.3. The Morgan fingerprint density at radius 2 is 0.764 bits per heavy atom. The second kappa shape index (κ2) is 35.8. The van der Waals surface area contributed by atoms with E-state index < -0.39 is 5.97 Å². The van der Waals surface area contributed by atoms with Crippen LogP contribution in [-0.4, -0.2) is 52.4 Å². The van der Waals surface area contributed by atoms with Gasteiger partial charge in [-0.25, -0.2) is 4.79 Å². The number of thiophene rings is 2. The number of aryl methyl sites for hydroxylation is 4. The molecule has 1 N–H and O–H groups in total. The minimum Gasteiger partial charge on any atom is -0.492 e. The van der Waals surface area contributed by atoms with E-state index in [0.717, 1.165) is 157 Å². The van der Waals surface area contributed by atoms with E-state index in [1.165, 1.54) is 47.9 Å². The number of carbonyl (C=O) groups is 3. The van der Waals surface area contributed by atoms with Gasteiger partial charge in [0.25, 0.3) is 11.8 Å². The normalized spacial score (nSPS) is 13.6. The van der Waals surface area contributed by atoms with Crippen molar-refractivity contribution in [1.82, 2.24) is 9.80 Å². The average molecular weight is 1440 g/mol.